The molecule has 1 unspecified atom stereocenters. The number of rotatable bonds is 7. The Balaban J connectivity index is 1.66. The largest absolute Gasteiger partial charge is 0.362 e. The maximum Gasteiger partial charge on any atom is 0.252 e. The van der Waals surface area contributed by atoms with Crippen molar-refractivity contribution in [2.45, 2.75) is 19.4 Å². The molecule has 0 spiro atoms. The summed E-state index contributed by atoms with van der Waals surface area (Å²) in [5.41, 5.74) is 2.05. The first-order valence-corrected chi connectivity index (χ1v) is 11.0. The van der Waals surface area contributed by atoms with Crippen LogP contribution in [0.2, 0.25) is 0 Å². The zero-order chi connectivity index (χ0) is 23.9. The first kappa shape index (κ1) is 22.7. The number of pyridine rings is 1. The molecule has 0 aliphatic heterocycles. The van der Waals surface area contributed by atoms with Crippen molar-refractivity contribution in [2.24, 2.45) is 0 Å². The molecule has 2 aromatic heterocycles. The first-order chi connectivity index (χ1) is 16.6. The SMILES string of the molecule is C=c1[nH]cc/c1=C(/C=C\C)C(=O)NC(Cc1ccccc1)C(=O)Nc1cccc2cnccc12. The van der Waals surface area contributed by atoms with Crippen LogP contribution in [-0.4, -0.2) is 27.8 Å². The fourth-order valence-electron chi connectivity index (χ4n) is 3.86. The number of carbonyl (C=O) groups excluding carboxylic acids is 2. The Hall–Kier alpha value is -4.45. The third-order valence-electron chi connectivity index (χ3n) is 5.54. The zero-order valence-corrected chi connectivity index (χ0v) is 18.9. The Bertz CT molecular complexity index is 1450. The summed E-state index contributed by atoms with van der Waals surface area (Å²) in [7, 11) is 0. The molecular formula is C28H26N4O2. The molecule has 0 saturated heterocycles. The van der Waals surface area contributed by atoms with Gasteiger partial charge in [-0.25, -0.2) is 0 Å². The highest BCUT2D eigenvalue weighted by molar-refractivity contribution is 6.18. The van der Waals surface area contributed by atoms with Gasteiger partial charge in [-0.1, -0.05) is 61.2 Å². The molecule has 0 saturated carbocycles. The van der Waals surface area contributed by atoms with E-state index in [0.29, 0.717) is 28.2 Å². The predicted octanol–water partition coefficient (Wildman–Crippen LogP) is 3.07. The molecule has 0 aliphatic rings. The highest BCUT2D eigenvalue weighted by Gasteiger charge is 2.23. The van der Waals surface area contributed by atoms with Gasteiger partial charge in [0.05, 0.1) is 0 Å². The lowest BCUT2D eigenvalue weighted by atomic mass is 10.0. The van der Waals surface area contributed by atoms with Crippen molar-refractivity contribution in [3.05, 3.63) is 108 Å². The summed E-state index contributed by atoms with van der Waals surface area (Å²) in [5.74, 6) is -0.647. The summed E-state index contributed by atoms with van der Waals surface area (Å²) < 4.78 is 0. The molecule has 3 N–H and O–H groups in total. The number of aromatic amines is 1. The van der Waals surface area contributed by atoms with E-state index in [2.05, 4.69) is 27.2 Å². The second-order valence-corrected chi connectivity index (χ2v) is 7.89. The molecule has 2 amide bonds. The van der Waals surface area contributed by atoms with Gasteiger partial charge in [0.15, 0.2) is 0 Å². The summed E-state index contributed by atoms with van der Waals surface area (Å²) in [4.78, 5) is 33.9. The number of aromatic nitrogens is 2. The third-order valence-corrected chi connectivity index (χ3v) is 5.54. The number of benzene rings is 2. The van der Waals surface area contributed by atoms with E-state index in [1.54, 1.807) is 36.8 Å². The van der Waals surface area contributed by atoms with Crippen LogP contribution in [0.3, 0.4) is 0 Å². The van der Waals surface area contributed by atoms with E-state index in [-0.39, 0.29) is 11.8 Å². The van der Waals surface area contributed by atoms with Crippen molar-refractivity contribution in [2.75, 3.05) is 5.32 Å². The molecule has 2 heterocycles. The van der Waals surface area contributed by atoms with E-state index >= 15 is 0 Å². The van der Waals surface area contributed by atoms with Crippen molar-refractivity contribution in [3.63, 3.8) is 0 Å². The topological polar surface area (TPSA) is 86.9 Å². The second kappa shape index (κ2) is 10.4. The van der Waals surface area contributed by atoms with E-state index in [1.165, 1.54) is 0 Å². The number of hydrogen-bond acceptors (Lipinski definition) is 3. The van der Waals surface area contributed by atoms with Crippen LogP contribution >= 0.6 is 0 Å². The minimum absolute atomic E-state index is 0.301. The van der Waals surface area contributed by atoms with Crippen LogP contribution in [0.1, 0.15) is 12.5 Å². The molecule has 0 radical (unpaired) electrons. The zero-order valence-electron chi connectivity index (χ0n) is 18.9. The van der Waals surface area contributed by atoms with E-state index in [9.17, 15) is 9.59 Å². The molecule has 34 heavy (non-hydrogen) atoms. The molecule has 0 aliphatic carbocycles. The lowest BCUT2D eigenvalue weighted by Gasteiger charge is -2.20. The summed E-state index contributed by atoms with van der Waals surface area (Å²) in [5, 5.41) is 9.07. The van der Waals surface area contributed by atoms with Crippen LogP contribution < -0.4 is 21.2 Å². The molecule has 2 aromatic carbocycles. The lowest BCUT2D eigenvalue weighted by molar-refractivity contribution is -0.123. The number of allylic oxidation sites excluding steroid dienone is 1. The van der Waals surface area contributed by atoms with Gasteiger partial charge in [0.2, 0.25) is 5.91 Å². The highest BCUT2D eigenvalue weighted by atomic mass is 16.2. The summed E-state index contributed by atoms with van der Waals surface area (Å²) in [6, 6.07) is 18.1. The van der Waals surface area contributed by atoms with Gasteiger partial charge in [-0.05, 0) is 30.7 Å². The summed E-state index contributed by atoms with van der Waals surface area (Å²) in [6.45, 7) is 5.80. The Kier molecular flexibility index (Phi) is 6.98. The quantitative estimate of drug-likeness (QED) is 0.404. The van der Waals surface area contributed by atoms with Crippen molar-refractivity contribution in [3.8, 4) is 0 Å². The van der Waals surface area contributed by atoms with Crippen LogP contribution in [-0.2, 0) is 16.0 Å². The first-order valence-electron chi connectivity index (χ1n) is 11.0. The van der Waals surface area contributed by atoms with Gasteiger partial charge in [-0.3, -0.25) is 14.6 Å². The van der Waals surface area contributed by atoms with Crippen LogP contribution in [0.5, 0.6) is 0 Å². The summed E-state index contributed by atoms with van der Waals surface area (Å²) in [6.07, 6.45) is 9.03. The van der Waals surface area contributed by atoms with Crippen LogP contribution in [0.15, 0.2) is 91.4 Å². The maximum atomic E-state index is 13.4. The van der Waals surface area contributed by atoms with E-state index in [1.807, 2.05) is 61.5 Å². The average molecular weight is 451 g/mol. The molecule has 1 atom stereocenters. The number of hydrogen-bond donors (Lipinski definition) is 3. The van der Waals surface area contributed by atoms with Gasteiger partial charge < -0.3 is 15.6 Å². The van der Waals surface area contributed by atoms with Gasteiger partial charge in [0.25, 0.3) is 5.91 Å². The molecule has 4 aromatic rings. The number of H-pyrrole nitrogens is 1. The Morgan fingerprint density at radius 2 is 1.91 bits per heavy atom. The minimum atomic E-state index is -0.792. The van der Waals surface area contributed by atoms with Crippen LogP contribution in [0.25, 0.3) is 22.9 Å². The van der Waals surface area contributed by atoms with Gasteiger partial charge in [-0.15, -0.1) is 0 Å². The Morgan fingerprint density at radius 3 is 2.65 bits per heavy atom. The third kappa shape index (κ3) is 5.13. The number of anilines is 1. The van der Waals surface area contributed by atoms with E-state index < -0.39 is 6.04 Å². The van der Waals surface area contributed by atoms with Gasteiger partial charge in [0.1, 0.15) is 6.04 Å². The molecule has 0 fully saturated rings. The molecule has 6 nitrogen and oxygen atoms in total. The standard InChI is InChI=1S/C28H26N4O2/c1-3-8-24(22-14-16-30-19(22)2)27(33)32-26(17-20-9-5-4-6-10-20)28(34)31-25-12-7-11-21-18-29-15-13-23(21)25/h3-16,18,26,30H,2,17H2,1H3,(H,31,34)(H,32,33)/b8-3-,24-22+. The predicted molar refractivity (Wildman–Crippen MR) is 136 cm³/mol. The second-order valence-electron chi connectivity index (χ2n) is 7.89. The van der Waals surface area contributed by atoms with Crippen LogP contribution in [0.4, 0.5) is 5.69 Å². The van der Waals surface area contributed by atoms with Gasteiger partial charge >= 0.3 is 0 Å². The van der Waals surface area contributed by atoms with Gasteiger partial charge in [-0.2, -0.15) is 0 Å². The monoisotopic (exact) mass is 450 g/mol. The highest BCUT2D eigenvalue weighted by Crippen LogP contribution is 2.22. The minimum Gasteiger partial charge on any atom is -0.362 e. The molecule has 0 bridgehead atoms. The van der Waals surface area contributed by atoms with Crippen molar-refractivity contribution in [1.29, 1.82) is 0 Å². The molecule has 170 valence electrons. The molecular weight excluding hydrogens is 424 g/mol. The number of carbonyl (C=O) groups is 2. The smallest absolute Gasteiger partial charge is 0.252 e. The number of fused-ring (bicyclic) bond motifs is 1. The van der Waals surface area contributed by atoms with Crippen molar-refractivity contribution in [1.82, 2.24) is 15.3 Å². The fourth-order valence-corrected chi connectivity index (χ4v) is 3.86. The molecule has 6 heteroatoms. The number of amides is 2. The van der Waals surface area contributed by atoms with E-state index in [0.717, 1.165) is 16.3 Å². The van der Waals surface area contributed by atoms with Crippen molar-refractivity contribution >= 4 is 40.4 Å². The maximum absolute atomic E-state index is 13.4. The number of nitrogens with one attached hydrogen (secondary N) is 3. The Labute approximate surface area is 197 Å². The normalized spacial score (nSPS) is 13.0. The van der Waals surface area contributed by atoms with Crippen molar-refractivity contribution < 1.29 is 9.59 Å². The van der Waals surface area contributed by atoms with Crippen LogP contribution in [0, 0.1) is 0 Å². The average Bonchev–Trinajstić information content (AvgIpc) is 3.28. The Morgan fingerprint density at radius 1 is 1.09 bits per heavy atom. The fraction of sp³-hybridized carbons (Fsp3) is 0.107. The van der Waals surface area contributed by atoms with Gasteiger partial charge in [0, 0.05) is 57.6 Å². The lowest BCUT2D eigenvalue weighted by Crippen LogP contribution is -2.46. The summed E-state index contributed by atoms with van der Waals surface area (Å²) >= 11 is 0. The van der Waals surface area contributed by atoms with E-state index in [4.69, 9.17) is 0 Å². The molecule has 4 rings (SSSR count). The number of nitrogens with zero attached hydrogens (tertiary/aromatic N) is 1.